The van der Waals surface area contributed by atoms with Crippen LogP contribution in [0, 0.1) is 0 Å². The average molecular weight is 355 g/mol. The van der Waals surface area contributed by atoms with Crippen molar-refractivity contribution in [2.24, 2.45) is 0 Å². The Morgan fingerprint density at radius 2 is 1.56 bits per heavy atom. The van der Waals surface area contributed by atoms with E-state index < -0.39 is 17.7 Å². The molecule has 1 aliphatic rings. The largest absolute Gasteiger partial charge is 0.389 e. The predicted molar refractivity (Wildman–Crippen MR) is 94.2 cm³/mol. The van der Waals surface area contributed by atoms with Crippen LogP contribution in [0.1, 0.15) is 44.4 Å². The summed E-state index contributed by atoms with van der Waals surface area (Å²) in [5, 5.41) is 10.5. The van der Waals surface area contributed by atoms with Gasteiger partial charge in [0, 0.05) is 39.3 Å². The molecule has 0 spiro atoms. The molecule has 1 aliphatic carbocycles. The van der Waals surface area contributed by atoms with Crippen molar-refractivity contribution in [3.05, 3.63) is 81.4 Å². The summed E-state index contributed by atoms with van der Waals surface area (Å²) in [7, 11) is 0. The Morgan fingerprint density at radius 3 is 2.12 bits per heavy atom. The van der Waals surface area contributed by atoms with E-state index in [1.54, 1.807) is 48.5 Å². The van der Waals surface area contributed by atoms with Crippen molar-refractivity contribution in [1.29, 1.82) is 0 Å². The normalized spacial score (nSPS) is 15.2. The topological polar surface area (TPSA) is 71.4 Å². The summed E-state index contributed by atoms with van der Waals surface area (Å²) in [4.78, 5) is 38.0. The maximum absolute atomic E-state index is 12.8. The molecule has 126 valence electrons. The number of benzene rings is 2. The van der Waals surface area contributed by atoms with Crippen molar-refractivity contribution in [3.8, 4) is 0 Å². The van der Waals surface area contributed by atoms with E-state index in [9.17, 15) is 19.5 Å². The Balaban J connectivity index is 2.04. The van der Waals surface area contributed by atoms with Crippen LogP contribution in [0.3, 0.4) is 0 Å². The number of aliphatic hydroxyl groups excluding tert-OH is 1. The molecule has 1 N–H and O–H groups in total. The summed E-state index contributed by atoms with van der Waals surface area (Å²) in [5.41, 5.74) is 0.951. The molecule has 25 heavy (non-hydrogen) atoms. The van der Waals surface area contributed by atoms with Crippen molar-refractivity contribution in [1.82, 2.24) is 0 Å². The summed E-state index contributed by atoms with van der Waals surface area (Å²) < 4.78 is 0. The zero-order chi connectivity index (χ0) is 18.1. The molecular weight excluding hydrogens is 340 g/mol. The molecule has 0 heterocycles. The van der Waals surface area contributed by atoms with Gasteiger partial charge in [0.05, 0.1) is 6.10 Å². The molecule has 3 rings (SSSR count). The Morgan fingerprint density at radius 1 is 1.00 bits per heavy atom. The van der Waals surface area contributed by atoms with E-state index in [2.05, 4.69) is 0 Å². The van der Waals surface area contributed by atoms with Crippen molar-refractivity contribution < 1.29 is 19.5 Å². The van der Waals surface area contributed by atoms with Gasteiger partial charge in [0.1, 0.15) is 0 Å². The van der Waals surface area contributed by atoms with Gasteiger partial charge in [-0.3, -0.25) is 14.4 Å². The van der Waals surface area contributed by atoms with Crippen molar-refractivity contribution in [2.45, 2.75) is 19.4 Å². The number of hydrogen-bond acceptors (Lipinski definition) is 4. The fourth-order valence-electron chi connectivity index (χ4n) is 2.96. The van der Waals surface area contributed by atoms with Crippen LogP contribution in [0.25, 0.3) is 0 Å². The lowest BCUT2D eigenvalue weighted by Crippen LogP contribution is -2.28. The first-order valence-corrected chi connectivity index (χ1v) is 8.16. The highest BCUT2D eigenvalue weighted by Crippen LogP contribution is 2.30. The first-order valence-electron chi connectivity index (χ1n) is 7.78. The summed E-state index contributed by atoms with van der Waals surface area (Å²) in [6.07, 6.45) is -1.39. The Bertz CT molecular complexity index is 908. The number of fused-ring (bicyclic) bond motifs is 1. The first kappa shape index (κ1) is 17.3. The average Bonchev–Trinajstić information content (AvgIpc) is 2.59. The van der Waals surface area contributed by atoms with Gasteiger partial charge in [-0.25, -0.2) is 0 Å². The summed E-state index contributed by atoms with van der Waals surface area (Å²) in [6.45, 7) is 1.42. The number of carbonyl (C=O) groups excluding carboxylic acids is 3. The van der Waals surface area contributed by atoms with Crippen LogP contribution in [0.5, 0.6) is 0 Å². The molecule has 0 radical (unpaired) electrons. The Kier molecular flexibility index (Phi) is 4.66. The molecule has 1 unspecified atom stereocenters. The summed E-state index contributed by atoms with van der Waals surface area (Å²) in [5.74, 6) is -1.12. The second kappa shape index (κ2) is 6.75. The van der Waals surface area contributed by atoms with E-state index in [1.807, 2.05) is 0 Å². The van der Waals surface area contributed by atoms with Gasteiger partial charge in [-0.15, -0.1) is 0 Å². The number of hydrogen-bond donors (Lipinski definition) is 1. The van der Waals surface area contributed by atoms with Gasteiger partial charge in [-0.1, -0.05) is 35.9 Å². The lowest BCUT2D eigenvalue weighted by molar-refractivity contribution is 0.0923. The minimum Gasteiger partial charge on any atom is -0.389 e. The minimum absolute atomic E-state index is 0.00832. The fourth-order valence-corrected chi connectivity index (χ4v) is 3.09. The fraction of sp³-hybridized carbons (Fsp3) is 0.150. The maximum Gasteiger partial charge on any atom is 0.192 e. The van der Waals surface area contributed by atoms with Crippen LogP contribution in [-0.4, -0.2) is 28.6 Å². The standard InChI is InChI=1S/C20H15ClO4/c1-11(22)18-16(10-17(23)12-6-8-13(21)9-7-12)19(24)14-4-2-3-5-15(14)20(18)25/h2-9,11,22H,10H2,1H3. The number of rotatable bonds is 4. The molecule has 0 saturated carbocycles. The molecule has 4 nitrogen and oxygen atoms in total. The van der Waals surface area contributed by atoms with Crippen LogP contribution in [0.2, 0.25) is 5.02 Å². The van der Waals surface area contributed by atoms with E-state index >= 15 is 0 Å². The third-order valence-corrected chi connectivity index (χ3v) is 4.43. The third kappa shape index (κ3) is 3.18. The molecule has 2 aromatic carbocycles. The van der Waals surface area contributed by atoms with Crippen molar-refractivity contribution in [3.63, 3.8) is 0 Å². The smallest absolute Gasteiger partial charge is 0.192 e. The number of allylic oxidation sites excluding steroid dienone is 1. The van der Waals surface area contributed by atoms with E-state index in [-0.39, 0.29) is 34.5 Å². The number of halogens is 1. The minimum atomic E-state index is -1.14. The summed E-state index contributed by atoms with van der Waals surface area (Å²) >= 11 is 5.82. The second-order valence-electron chi connectivity index (χ2n) is 5.88. The number of Topliss-reactive ketones (excluding diaryl/α,β-unsaturated/α-hetero) is 3. The van der Waals surface area contributed by atoms with Gasteiger partial charge in [0.2, 0.25) is 0 Å². The maximum atomic E-state index is 12.8. The molecule has 0 fully saturated rings. The van der Waals surface area contributed by atoms with E-state index in [1.165, 1.54) is 6.92 Å². The van der Waals surface area contributed by atoms with Crippen LogP contribution < -0.4 is 0 Å². The van der Waals surface area contributed by atoms with E-state index in [0.29, 0.717) is 10.6 Å². The molecule has 2 aromatic rings. The SMILES string of the molecule is CC(O)C1=C(CC(=O)c2ccc(Cl)cc2)C(=O)c2ccccc2C1=O. The van der Waals surface area contributed by atoms with Gasteiger partial charge >= 0.3 is 0 Å². The van der Waals surface area contributed by atoms with Gasteiger partial charge in [0.15, 0.2) is 17.3 Å². The van der Waals surface area contributed by atoms with Crippen LogP contribution in [0.15, 0.2) is 59.7 Å². The molecule has 1 atom stereocenters. The zero-order valence-corrected chi connectivity index (χ0v) is 14.2. The molecular formula is C20H15ClO4. The monoisotopic (exact) mass is 354 g/mol. The molecule has 0 aromatic heterocycles. The van der Waals surface area contributed by atoms with Crippen molar-refractivity contribution in [2.75, 3.05) is 0 Å². The van der Waals surface area contributed by atoms with Crippen LogP contribution in [0.4, 0.5) is 0 Å². The van der Waals surface area contributed by atoms with Crippen LogP contribution >= 0.6 is 11.6 Å². The number of aliphatic hydroxyl groups is 1. The van der Waals surface area contributed by atoms with Gasteiger partial charge in [-0.2, -0.15) is 0 Å². The van der Waals surface area contributed by atoms with E-state index in [4.69, 9.17) is 11.6 Å². The van der Waals surface area contributed by atoms with Crippen LogP contribution in [-0.2, 0) is 0 Å². The zero-order valence-electron chi connectivity index (χ0n) is 13.5. The van der Waals surface area contributed by atoms with E-state index in [0.717, 1.165) is 0 Å². The van der Waals surface area contributed by atoms with Gasteiger partial charge in [0.25, 0.3) is 0 Å². The highest BCUT2D eigenvalue weighted by molar-refractivity contribution is 6.31. The highest BCUT2D eigenvalue weighted by atomic mass is 35.5. The quantitative estimate of drug-likeness (QED) is 0.850. The van der Waals surface area contributed by atoms with Crippen molar-refractivity contribution >= 4 is 29.0 Å². The number of ketones is 3. The Hall–Kier alpha value is -2.56. The lowest BCUT2D eigenvalue weighted by Gasteiger charge is -2.22. The lowest BCUT2D eigenvalue weighted by atomic mass is 9.80. The molecule has 5 heteroatoms. The first-order chi connectivity index (χ1) is 11.9. The molecule has 0 amide bonds. The van der Waals surface area contributed by atoms with Gasteiger partial charge < -0.3 is 5.11 Å². The Labute approximate surface area is 149 Å². The molecule has 0 bridgehead atoms. The molecule has 0 saturated heterocycles. The molecule has 0 aliphatic heterocycles. The third-order valence-electron chi connectivity index (χ3n) is 4.18. The second-order valence-corrected chi connectivity index (χ2v) is 6.32. The number of carbonyl (C=O) groups is 3. The summed E-state index contributed by atoms with van der Waals surface area (Å²) in [6, 6.07) is 12.7. The highest BCUT2D eigenvalue weighted by Gasteiger charge is 2.34. The predicted octanol–water partition coefficient (Wildman–Crippen LogP) is 3.67. The van der Waals surface area contributed by atoms with Gasteiger partial charge in [-0.05, 0) is 31.2 Å².